The number of halogens is 1. The van der Waals surface area contributed by atoms with Crippen LogP contribution in [0.25, 0.3) is 0 Å². The molecule has 0 unspecified atom stereocenters. The maximum absolute atomic E-state index is 13.9. The van der Waals surface area contributed by atoms with Gasteiger partial charge in [-0.15, -0.1) is 0 Å². The Bertz CT molecular complexity index is 631. The molecule has 130 valence electrons. The highest BCUT2D eigenvalue weighted by molar-refractivity contribution is 5.97. The lowest BCUT2D eigenvalue weighted by Crippen LogP contribution is -2.52. The number of benzene rings is 1. The third-order valence-electron chi connectivity index (χ3n) is 4.28. The maximum Gasteiger partial charge on any atom is 0.328 e. The molecule has 7 heteroatoms. The van der Waals surface area contributed by atoms with Crippen LogP contribution in [0.1, 0.15) is 28.8 Å². The van der Waals surface area contributed by atoms with E-state index in [1.807, 2.05) is 0 Å². The summed E-state index contributed by atoms with van der Waals surface area (Å²) in [6.07, 6.45) is 2.29. The Morgan fingerprint density at radius 2 is 2.17 bits per heavy atom. The Morgan fingerprint density at radius 3 is 2.88 bits per heavy atom. The fourth-order valence-corrected chi connectivity index (χ4v) is 2.66. The lowest BCUT2D eigenvalue weighted by atomic mass is 10.1. The van der Waals surface area contributed by atoms with E-state index in [-0.39, 0.29) is 31.9 Å². The van der Waals surface area contributed by atoms with E-state index in [1.165, 1.54) is 23.1 Å². The van der Waals surface area contributed by atoms with Crippen LogP contribution in [0.4, 0.5) is 4.39 Å². The van der Waals surface area contributed by atoms with Crippen LogP contribution in [0.3, 0.4) is 0 Å². The number of carboxylic acids is 1. The van der Waals surface area contributed by atoms with Gasteiger partial charge in [-0.2, -0.15) is 0 Å². The van der Waals surface area contributed by atoms with Crippen molar-refractivity contribution in [3.05, 3.63) is 35.1 Å². The molecule has 0 radical (unpaired) electrons. The molecule has 1 aliphatic heterocycles. The molecule has 2 fully saturated rings. The van der Waals surface area contributed by atoms with E-state index >= 15 is 0 Å². The van der Waals surface area contributed by atoms with Crippen LogP contribution in [-0.4, -0.2) is 54.3 Å². The third-order valence-corrected chi connectivity index (χ3v) is 4.28. The molecule has 1 heterocycles. The first-order valence-corrected chi connectivity index (χ1v) is 8.04. The quantitative estimate of drug-likeness (QED) is 0.855. The highest BCUT2D eigenvalue weighted by Crippen LogP contribution is 2.29. The summed E-state index contributed by atoms with van der Waals surface area (Å²) in [5, 5.41) is 9.22. The number of aliphatic carboxylic acids is 1. The second kappa shape index (κ2) is 7.27. The number of carbonyl (C=O) groups excluding carboxylic acids is 1. The van der Waals surface area contributed by atoms with Crippen molar-refractivity contribution in [1.29, 1.82) is 0 Å². The number of carbonyl (C=O) groups is 2. The van der Waals surface area contributed by atoms with Crippen molar-refractivity contribution >= 4 is 11.9 Å². The maximum atomic E-state index is 13.9. The van der Waals surface area contributed by atoms with E-state index in [1.54, 1.807) is 0 Å². The van der Waals surface area contributed by atoms with Crippen LogP contribution in [-0.2, 0) is 20.9 Å². The van der Waals surface area contributed by atoms with Gasteiger partial charge in [0.15, 0.2) is 6.04 Å². The van der Waals surface area contributed by atoms with E-state index in [0.29, 0.717) is 18.1 Å². The fraction of sp³-hybridized carbons (Fsp3) is 0.529. The summed E-state index contributed by atoms with van der Waals surface area (Å²) < 4.78 is 24.5. The van der Waals surface area contributed by atoms with Gasteiger partial charge in [-0.3, -0.25) is 4.79 Å². The van der Waals surface area contributed by atoms with Gasteiger partial charge in [0, 0.05) is 24.3 Å². The first-order valence-electron chi connectivity index (χ1n) is 8.04. The van der Waals surface area contributed by atoms with Gasteiger partial charge in [0.1, 0.15) is 5.82 Å². The third kappa shape index (κ3) is 3.91. The molecule has 24 heavy (non-hydrogen) atoms. The van der Waals surface area contributed by atoms with E-state index in [2.05, 4.69) is 0 Å². The number of hydrogen-bond donors (Lipinski definition) is 1. The zero-order valence-corrected chi connectivity index (χ0v) is 13.2. The number of carboxylic acid groups (broad SMARTS) is 1. The number of ether oxygens (including phenoxy) is 2. The van der Waals surface area contributed by atoms with Gasteiger partial charge in [-0.25, -0.2) is 9.18 Å². The van der Waals surface area contributed by atoms with E-state index in [4.69, 9.17) is 9.47 Å². The van der Waals surface area contributed by atoms with Crippen molar-refractivity contribution in [2.24, 2.45) is 5.92 Å². The van der Waals surface area contributed by atoms with Gasteiger partial charge in [0.05, 0.1) is 19.8 Å². The standard InChI is InChI=1S/C17H20FNO5/c18-14-4-3-12(7-13(14)9-24-8-11-1-2-11)16(20)19-5-6-23-10-15(19)17(21)22/h3-4,7,11,15H,1-2,5-6,8-10H2,(H,21,22)/t15-/m0/s1. The number of amides is 1. The largest absolute Gasteiger partial charge is 0.480 e. The predicted octanol–water partition coefficient (Wildman–Crippen LogP) is 1.68. The Balaban J connectivity index is 1.72. The molecule has 1 aliphatic carbocycles. The summed E-state index contributed by atoms with van der Waals surface area (Å²) in [7, 11) is 0. The molecule has 1 N–H and O–H groups in total. The van der Waals surface area contributed by atoms with Crippen LogP contribution in [0.15, 0.2) is 18.2 Å². The summed E-state index contributed by atoms with van der Waals surface area (Å²) >= 11 is 0. The van der Waals surface area contributed by atoms with Crippen LogP contribution >= 0.6 is 0 Å². The van der Waals surface area contributed by atoms with E-state index < -0.39 is 23.7 Å². The summed E-state index contributed by atoms with van der Waals surface area (Å²) in [4.78, 5) is 25.2. The zero-order chi connectivity index (χ0) is 17.1. The predicted molar refractivity (Wildman–Crippen MR) is 82.1 cm³/mol. The van der Waals surface area contributed by atoms with Crippen molar-refractivity contribution in [2.45, 2.75) is 25.5 Å². The summed E-state index contributed by atoms with van der Waals surface area (Å²) in [5.41, 5.74) is 0.566. The zero-order valence-electron chi connectivity index (χ0n) is 13.2. The average Bonchev–Trinajstić information content (AvgIpc) is 3.40. The molecule has 1 saturated carbocycles. The second-order valence-corrected chi connectivity index (χ2v) is 6.19. The summed E-state index contributed by atoms with van der Waals surface area (Å²) in [6.45, 7) is 1.14. The lowest BCUT2D eigenvalue weighted by molar-refractivity contribution is -0.147. The minimum Gasteiger partial charge on any atom is -0.480 e. The Morgan fingerprint density at radius 1 is 1.38 bits per heavy atom. The Kier molecular flexibility index (Phi) is 5.11. The van der Waals surface area contributed by atoms with Crippen molar-refractivity contribution in [3.8, 4) is 0 Å². The molecule has 0 bridgehead atoms. The normalized spacial score (nSPS) is 20.9. The lowest BCUT2D eigenvalue weighted by Gasteiger charge is -2.33. The minimum atomic E-state index is -1.11. The Labute approximate surface area is 139 Å². The fourth-order valence-electron chi connectivity index (χ4n) is 2.66. The van der Waals surface area contributed by atoms with E-state index in [0.717, 1.165) is 12.8 Å². The van der Waals surface area contributed by atoms with Gasteiger partial charge in [-0.1, -0.05) is 0 Å². The highest BCUT2D eigenvalue weighted by atomic mass is 19.1. The van der Waals surface area contributed by atoms with Crippen LogP contribution in [0.5, 0.6) is 0 Å². The van der Waals surface area contributed by atoms with Crippen molar-refractivity contribution in [2.75, 3.05) is 26.4 Å². The van der Waals surface area contributed by atoms with Crippen molar-refractivity contribution in [1.82, 2.24) is 4.90 Å². The topological polar surface area (TPSA) is 76.1 Å². The number of morpholine rings is 1. The van der Waals surface area contributed by atoms with Gasteiger partial charge in [0.2, 0.25) is 0 Å². The Hall–Kier alpha value is -1.99. The first kappa shape index (κ1) is 16.9. The molecule has 1 atom stereocenters. The van der Waals surface area contributed by atoms with Crippen LogP contribution in [0, 0.1) is 11.7 Å². The number of hydrogen-bond acceptors (Lipinski definition) is 4. The summed E-state index contributed by atoms with van der Waals surface area (Å²) in [6, 6.07) is 3.01. The molecule has 2 aliphatic rings. The highest BCUT2D eigenvalue weighted by Gasteiger charge is 2.33. The molecule has 1 amide bonds. The summed E-state index contributed by atoms with van der Waals surface area (Å²) in [5.74, 6) is -1.41. The van der Waals surface area contributed by atoms with Gasteiger partial charge < -0.3 is 19.5 Å². The van der Waals surface area contributed by atoms with Crippen molar-refractivity contribution < 1.29 is 28.6 Å². The minimum absolute atomic E-state index is 0.0420. The van der Waals surface area contributed by atoms with Crippen LogP contribution < -0.4 is 0 Å². The first-order chi connectivity index (χ1) is 11.6. The average molecular weight is 337 g/mol. The molecule has 3 rings (SSSR count). The van der Waals surface area contributed by atoms with Gasteiger partial charge in [-0.05, 0) is 37.0 Å². The molecule has 0 spiro atoms. The molecular weight excluding hydrogens is 317 g/mol. The monoisotopic (exact) mass is 337 g/mol. The smallest absolute Gasteiger partial charge is 0.328 e. The SMILES string of the molecule is O=C(O)[C@@H]1COCCN1C(=O)c1ccc(F)c(COCC2CC2)c1. The molecule has 6 nitrogen and oxygen atoms in total. The molecular formula is C17H20FNO5. The molecule has 1 aromatic carbocycles. The van der Waals surface area contributed by atoms with Gasteiger partial charge in [0.25, 0.3) is 5.91 Å². The second-order valence-electron chi connectivity index (χ2n) is 6.19. The van der Waals surface area contributed by atoms with Crippen molar-refractivity contribution in [3.63, 3.8) is 0 Å². The number of nitrogens with zero attached hydrogens (tertiary/aromatic N) is 1. The number of rotatable bonds is 6. The molecule has 0 aromatic heterocycles. The molecule has 1 saturated heterocycles. The van der Waals surface area contributed by atoms with Crippen LogP contribution in [0.2, 0.25) is 0 Å². The molecule has 1 aromatic rings. The van der Waals surface area contributed by atoms with E-state index in [9.17, 15) is 19.1 Å². The van der Waals surface area contributed by atoms with Gasteiger partial charge >= 0.3 is 5.97 Å².